The number of nitrogens with one attached hydrogen (secondary N) is 2. The van der Waals surface area contributed by atoms with Crippen LogP contribution < -0.4 is 10.6 Å². The Morgan fingerprint density at radius 2 is 1.95 bits per heavy atom. The number of hydrogen-bond donors (Lipinski definition) is 2. The van der Waals surface area contributed by atoms with Gasteiger partial charge in [0.25, 0.3) is 0 Å². The van der Waals surface area contributed by atoms with E-state index in [4.69, 9.17) is 0 Å². The lowest BCUT2D eigenvalue weighted by atomic mass is 10.1. The molecule has 1 aromatic rings. The topological polar surface area (TPSA) is 92.3 Å². The molecule has 0 heterocycles. The van der Waals surface area contributed by atoms with Crippen molar-refractivity contribution in [1.82, 2.24) is 5.32 Å². The Bertz CT molecular complexity index is 581. The second-order valence-corrected chi connectivity index (χ2v) is 6.41. The van der Waals surface area contributed by atoms with Crippen molar-refractivity contribution in [3.8, 4) is 0 Å². The van der Waals surface area contributed by atoms with Gasteiger partial charge in [-0.3, -0.25) is 4.79 Å². The summed E-state index contributed by atoms with van der Waals surface area (Å²) in [6.45, 7) is 1.47. The molecule has 1 rings (SSSR count). The van der Waals surface area contributed by atoms with Crippen LogP contribution in [0.1, 0.15) is 17.3 Å². The van der Waals surface area contributed by atoms with E-state index >= 15 is 0 Å². The first-order valence-electron chi connectivity index (χ1n) is 5.61. The predicted octanol–water partition coefficient (Wildman–Crippen LogP) is 1.06. The molecule has 2 amide bonds. The fourth-order valence-electron chi connectivity index (χ4n) is 1.34. The van der Waals surface area contributed by atoms with Crippen LogP contribution >= 0.6 is 0 Å². The van der Waals surface area contributed by atoms with E-state index in [1.807, 2.05) is 0 Å². The largest absolute Gasteiger partial charge is 0.337 e. The van der Waals surface area contributed by atoms with Crippen LogP contribution in [0, 0.1) is 0 Å². The van der Waals surface area contributed by atoms with Gasteiger partial charge >= 0.3 is 6.03 Å². The van der Waals surface area contributed by atoms with Crippen molar-refractivity contribution in [1.29, 1.82) is 0 Å². The van der Waals surface area contributed by atoms with Gasteiger partial charge in [0.2, 0.25) is 0 Å². The SMILES string of the molecule is CC(=O)c1cccc(NC(=O)NCCS(C)(=O)=O)c1. The quantitative estimate of drug-likeness (QED) is 0.791. The molecule has 0 aliphatic heterocycles. The van der Waals surface area contributed by atoms with Gasteiger partial charge in [0.05, 0.1) is 5.75 Å². The average molecular weight is 284 g/mol. The number of urea groups is 1. The second-order valence-electron chi connectivity index (χ2n) is 4.15. The second kappa shape index (κ2) is 6.33. The number of carbonyl (C=O) groups is 2. The van der Waals surface area contributed by atoms with E-state index in [-0.39, 0.29) is 18.1 Å². The van der Waals surface area contributed by atoms with Gasteiger partial charge in [0, 0.05) is 24.1 Å². The molecule has 7 heteroatoms. The number of Topliss-reactive ketones (excluding diaryl/α,β-unsaturated/α-hetero) is 1. The zero-order valence-electron chi connectivity index (χ0n) is 10.8. The van der Waals surface area contributed by atoms with E-state index in [1.165, 1.54) is 6.92 Å². The molecule has 0 fully saturated rings. The van der Waals surface area contributed by atoms with E-state index < -0.39 is 15.9 Å². The highest BCUT2D eigenvalue weighted by Crippen LogP contribution is 2.10. The molecule has 0 atom stereocenters. The maximum atomic E-state index is 11.5. The molecule has 0 aliphatic rings. The summed E-state index contributed by atoms with van der Waals surface area (Å²) >= 11 is 0. The van der Waals surface area contributed by atoms with Crippen LogP contribution in [0.15, 0.2) is 24.3 Å². The first-order valence-corrected chi connectivity index (χ1v) is 7.67. The fraction of sp³-hybridized carbons (Fsp3) is 0.333. The lowest BCUT2D eigenvalue weighted by molar-refractivity contribution is 0.101. The standard InChI is InChI=1S/C12H16N2O4S/c1-9(15)10-4-3-5-11(8-10)14-12(16)13-6-7-19(2,17)18/h3-5,8H,6-7H2,1-2H3,(H2,13,14,16). The normalized spacial score (nSPS) is 10.8. The van der Waals surface area contributed by atoms with Crippen molar-refractivity contribution < 1.29 is 18.0 Å². The van der Waals surface area contributed by atoms with E-state index in [1.54, 1.807) is 24.3 Å². The molecule has 0 saturated carbocycles. The van der Waals surface area contributed by atoms with Crippen molar-refractivity contribution in [3.63, 3.8) is 0 Å². The molecular weight excluding hydrogens is 268 g/mol. The lowest BCUT2D eigenvalue weighted by Gasteiger charge is -2.07. The summed E-state index contributed by atoms with van der Waals surface area (Å²) in [6, 6.07) is 5.99. The number of sulfone groups is 1. The summed E-state index contributed by atoms with van der Waals surface area (Å²) in [4.78, 5) is 22.6. The Morgan fingerprint density at radius 3 is 2.53 bits per heavy atom. The van der Waals surface area contributed by atoms with Gasteiger partial charge in [-0.05, 0) is 19.1 Å². The third-order valence-electron chi connectivity index (χ3n) is 2.29. The fourth-order valence-corrected chi connectivity index (χ4v) is 1.81. The molecule has 0 unspecified atom stereocenters. The highest BCUT2D eigenvalue weighted by atomic mass is 32.2. The number of benzene rings is 1. The third-order valence-corrected chi connectivity index (χ3v) is 3.23. The number of amides is 2. The Hall–Kier alpha value is -1.89. The molecule has 0 spiro atoms. The van der Waals surface area contributed by atoms with Crippen molar-refractivity contribution in [2.75, 3.05) is 23.9 Å². The van der Waals surface area contributed by atoms with Crippen molar-refractivity contribution in [3.05, 3.63) is 29.8 Å². The molecule has 0 aromatic heterocycles. The van der Waals surface area contributed by atoms with E-state index in [9.17, 15) is 18.0 Å². The van der Waals surface area contributed by atoms with Gasteiger partial charge in [0.1, 0.15) is 9.84 Å². The summed E-state index contributed by atoms with van der Waals surface area (Å²) in [5.74, 6) is -0.213. The van der Waals surface area contributed by atoms with Crippen LogP contribution in [0.3, 0.4) is 0 Å². The van der Waals surface area contributed by atoms with Crippen LogP contribution in [0.5, 0.6) is 0 Å². The van der Waals surface area contributed by atoms with E-state index in [2.05, 4.69) is 10.6 Å². The molecule has 104 valence electrons. The van der Waals surface area contributed by atoms with Crippen molar-refractivity contribution >= 4 is 27.3 Å². The van der Waals surface area contributed by atoms with E-state index in [0.29, 0.717) is 11.3 Å². The minimum Gasteiger partial charge on any atom is -0.337 e. The van der Waals surface area contributed by atoms with Gasteiger partial charge in [-0.2, -0.15) is 0 Å². The zero-order chi connectivity index (χ0) is 14.5. The molecule has 0 radical (unpaired) electrons. The maximum absolute atomic E-state index is 11.5. The minimum absolute atomic E-state index is 0.0388. The molecule has 1 aromatic carbocycles. The average Bonchev–Trinajstić information content (AvgIpc) is 2.27. The van der Waals surface area contributed by atoms with Crippen molar-refractivity contribution in [2.24, 2.45) is 0 Å². The van der Waals surface area contributed by atoms with Crippen LogP contribution in [0.2, 0.25) is 0 Å². The number of carbonyl (C=O) groups excluding carboxylic acids is 2. The highest BCUT2D eigenvalue weighted by molar-refractivity contribution is 7.90. The van der Waals surface area contributed by atoms with Gasteiger partial charge in [-0.25, -0.2) is 13.2 Å². The Kier molecular flexibility index (Phi) is 5.05. The van der Waals surface area contributed by atoms with Crippen LogP contribution in [0.25, 0.3) is 0 Å². The summed E-state index contributed by atoms with van der Waals surface area (Å²) in [7, 11) is -3.10. The highest BCUT2D eigenvalue weighted by Gasteiger charge is 2.06. The monoisotopic (exact) mass is 284 g/mol. The first-order chi connectivity index (χ1) is 8.78. The van der Waals surface area contributed by atoms with Gasteiger partial charge in [-0.15, -0.1) is 0 Å². The molecule has 0 saturated heterocycles. The number of hydrogen-bond acceptors (Lipinski definition) is 4. The van der Waals surface area contributed by atoms with Crippen LogP contribution in [0.4, 0.5) is 10.5 Å². The third kappa shape index (κ3) is 6.01. The van der Waals surface area contributed by atoms with Crippen LogP contribution in [-0.4, -0.2) is 38.8 Å². The summed E-state index contributed by atoms with van der Waals surface area (Å²) in [5, 5.41) is 4.95. The Labute approximate surface area is 112 Å². The number of rotatable bonds is 5. The van der Waals surface area contributed by atoms with E-state index in [0.717, 1.165) is 6.26 Å². The predicted molar refractivity (Wildman–Crippen MR) is 73.2 cm³/mol. The minimum atomic E-state index is -3.10. The first kappa shape index (κ1) is 15.2. The zero-order valence-corrected chi connectivity index (χ0v) is 11.6. The summed E-state index contributed by atoms with van der Waals surface area (Å²) in [5.41, 5.74) is 0.971. The number of ketones is 1. The molecule has 0 bridgehead atoms. The molecular formula is C12H16N2O4S. The lowest BCUT2D eigenvalue weighted by Crippen LogP contribution is -2.32. The summed E-state index contributed by atoms with van der Waals surface area (Å²) < 4.78 is 21.8. The Balaban J connectivity index is 2.53. The van der Waals surface area contributed by atoms with Crippen molar-refractivity contribution in [2.45, 2.75) is 6.92 Å². The van der Waals surface area contributed by atoms with Gasteiger partial charge in [0.15, 0.2) is 5.78 Å². The van der Waals surface area contributed by atoms with Gasteiger partial charge in [-0.1, -0.05) is 12.1 Å². The number of anilines is 1. The smallest absolute Gasteiger partial charge is 0.319 e. The molecule has 2 N–H and O–H groups in total. The summed E-state index contributed by atoms with van der Waals surface area (Å²) in [6.07, 6.45) is 1.10. The Morgan fingerprint density at radius 1 is 1.26 bits per heavy atom. The van der Waals surface area contributed by atoms with Crippen LogP contribution in [-0.2, 0) is 9.84 Å². The molecule has 0 aliphatic carbocycles. The molecule has 19 heavy (non-hydrogen) atoms. The molecule has 6 nitrogen and oxygen atoms in total. The van der Waals surface area contributed by atoms with Gasteiger partial charge < -0.3 is 10.6 Å². The maximum Gasteiger partial charge on any atom is 0.319 e.